The van der Waals surface area contributed by atoms with Gasteiger partial charge in [0.05, 0.1) is 11.0 Å². The van der Waals surface area contributed by atoms with Crippen LogP contribution in [-0.2, 0) is 18.2 Å². The third-order valence-electron chi connectivity index (χ3n) is 3.53. The molecule has 2 heterocycles. The van der Waals surface area contributed by atoms with Gasteiger partial charge in [0.1, 0.15) is 0 Å². The Bertz CT molecular complexity index is 910. The molecule has 0 atom stereocenters. The maximum absolute atomic E-state index is 4.69. The van der Waals surface area contributed by atoms with Crippen molar-refractivity contribution < 1.29 is 18.2 Å². The van der Waals surface area contributed by atoms with Crippen LogP contribution < -0.4 is 0 Å². The number of hydrogen-bond acceptors (Lipinski definition) is 2. The molecule has 0 aliphatic rings. The van der Waals surface area contributed by atoms with E-state index in [-0.39, 0.29) is 0 Å². The minimum absolute atomic E-state index is 0.961. The van der Waals surface area contributed by atoms with Crippen LogP contribution in [0.3, 0.4) is 0 Å². The van der Waals surface area contributed by atoms with Gasteiger partial charge in [0.25, 0.3) is 0 Å². The first-order valence-corrected chi connectivity index (χ1v) is 10.1. The van der Waals surface area contributed by atoms with Crippen molar-refractivity contribution in [1.82, 2.24) is 9.97 Å². The zero-order valence-electron chi connectivity index (χ0n) is 11.6. The van der Waals surface area contributed by atoms with E-state index in [9.17, 15) is 0 Å². The third kappa shape index (κ3) is 2.89. The fourth-order valence-electron chi connectivity index (χ4n) is 2.52. The van der Waals surface area contributed by atoms with Gasteiger partial charge in [-0.3, -0.25) is 9.97 Å². The van der Waals surface area contributed by atoms with Gasteiger partial charge in [-0.05, 0) is 17.7 Å². The molecule has 0 radical (unpaired) electrons. The van der Waals surface area contributed by atoms with E-state index in [4.69, 9.17) is 9.53 Å². The third-order valence-corrected chi connectivity index (χ3v) is 3.53. The molecule has 0 fully saturated rings. The summed E-state index contributed by atoms with van der Waals surface area (Å²) in [7, 11) is 4.69. The molecule has 0 unspecified atom stereocenters. The van der Waals surface area contributed by atoms with Crippen LogP contribution in [0, 0.1) is 0 Å². The molecule has 4 rings (SSSR count). The Kier molecular flexibility index (Phi) is 4.80. The van der Waals surface area contributed by atoms with E-state index in [1.165, 1.54) is 23.7 Å². The predicted molar refractivity (Wildman–Crippen MR) is 88.3 cm³/mol. The van der Waals surface area contributed by atoms with Crippen LogP contribution in [0.25, 0.3) is 32.9 Å². The zero-order chi connectivity index (χ0) is 15.4. The second-order valence-corrected chi connectivity index (χ2v) is 4.80. The molecule has 0 saturated carbocycles. The zero-order valence-corrected chi connectivity index (χ0v) is 15.1. The summed E-state index contributed by atoms with van der Waals surface area (Å²) in [5, 5.41) is 2.25. The number of nitrogens with zero attached hydrogens (tertiary/aromatic N) is 2. The van der Waals surface area contributed by atoms with Crippen LogP contribution in [0.1, 0.15) is 0 Å². The van der Waals surface area contributed by atoms with Crippen molar-refractivity contribution in [3.63, 3.8) is 0 Å². The SMILES string of the molecule is [Cl][Re].c1ccc(-c2cnc3c(ccc4cccnc43)c2)cc1. The van der Waals surface area contributed by atoms with Crippen molar-refractivity contribution in [1.29, 1.82) is 0 Å². The minimum atomic E-state index is 0.961. The average Bonchev–Trinajstić information content (AvgIpc) is 2.63. The summed E-state index contributed by atoms with van der Waals surface area (Å²) in [6.45, 7) is 0. The molecule has 2 nitrogen and oxygen atoms in total. The molecular formula is C18H12ClN2Re. The number of hydrogen-bond donors (Lipinski definition) is 0. The number of aromatic nitrogens is 2. The maximum atomic E-state index is 4.69. The van der Waals surface area contributed by atoms with E-state index >= 15 is 0 Å². The Labute approximate surface area is 143 Å². The molecule has 4 aromatic rings. The quantitative estimate of drug-likeness (QED) is 0.355. The Hall–Kier alpha value is -1.79. The van der Waals surface area contributed by atoms with E-state index in [0.29, 0.717) is 0 Å². The maximum Gasteiger partial charge on any atom is 0.0964 e. The monoisotopic (exact) mass is 478 g/mol. The Morgan fingerprint density at radius 2 is 1.41 bits per heavy atom. The largest absolute Gasteiger partial charge is 0.254 e. The number of fused-ring (bicyclic) bond motifs is 3. The fraction of sp³-hybridized carbons (Fsp3) is 0. The predicted octanol–water partition coefficient (Wildman–Crippen LogP) is 5.14. The summed E-state index contributed by atoms with van der Waals surface area (Å²) in [4.78, 5) is 9.07. The molecule has 2 aromatic carbocycles. The molecule has 0 bridgehead atoms. The summed E-state index contributed by atoms with van der Waals surface area (Å²) >= 11 is 1.19. The molecular weight excluding hydrogens is 466 g/mol. The summed E-state index contributed by atoms with van der Waals surface area (Å²) in [5.74, 6) is 0. The summed E-state index contributed by atoms with van der Waals surface area (Å²) < 4.78 is 0. The van der Waals surface area contributed by atoms with Crippen molar-refractivity contribution in [3.8, 4) is 11.1 Å². The summed E-state index contributed by atoms with van der Waals surface area (Å²) in [6.07, 6.45) is 3.74. The van der Waals surface area contributed by atoms with Crippen molar-refractivity contribution in [3.05, 3.63) is 73.1 Å². The number of benzene rings is 2. The van der Waals surface area contributed by atoms with Crippen LogP contribution in [0.4, 0.5) is 0 Å². The van der Waals surface area contributed by atoms with Gasteiger partial charge in [0.2, 0.25) is 0 Å². The van der Waals surface area contributed by atoms with Gasteiger partial charge in [0, 0.05) is 28.7 Å². The van der Waals surface area contributed by atoms with Crippen LogP contribution in [0.2, 0.25) is 0 Å². The van der Waals surface area contributed by atoms with Gasteiger partial charge in [-0.2, -0.15) is 0 Å². The van der Waals surface area contributed by atoms with Crippen LogP contribution in [0.5, 0.6) is 0 Å². The van der Waals surface area contributed by atoms with Crippen molar-refractivity contribution in [2.24, 2.45) is 0 Å². The molecule has 0 N–H and O–H groups in total. The van der Waals surface area contributed by atoms with E-state index < -0.39 is 0 Å². The molecule has 108 valence electrons. The standard InChI is InChI=1S/C18H12N2.ClH.Re/c1-2-5-13(6-3-1)16-11-15-9-8-14-7-4-10-19-17(14)18(15)20-12-16;;/h1-12H;1H;/q;;+1/p-1. The van der Waals surface area contributed by atoms with E-state index in [1.54, 1.807) is 0 Å². The van der Waals surface area contributed by atoms with Crippen molar-refractivity contribution >= 4 is 31.3 Å². The van der Waals surface area contributed by atoms with Crippen LogP contribution in [0.15, 0.2) is 73.1 Å². The molecule has 22 heavy (non-hydrogen) atoms. The normalized spacial score (nSPS) is 10.3. The summed E-state index contributed by atoms with van der Waals surface area (Å²) in [6, 6.07) is 20.7. The fourth-order valence-corrected chi connectivity index (χ4v) is 2.52. The number of pyridine rings is 2. The molecule has 0 amide bonds. The first-order valence-electron chi connectivity index (χ1n) is 6.75. The van der Waals surface area contributed by atoms with Gasteiger partial charge in [-0.25, -0.2) is 0 Å². The number of rotatable bonds is 1. The van der Waals surface area contributed by atoms with Gasteiger partial charge in [0.15, 0.2) is 0 Å². The van der Waals surface area contributed by atoms with Gasteiger partial charge in [-0.15, -0.1) is 0 Å². The average molecular weight is 478 g/mol. The van der Waals surface area contributed by atoms with E-state index in [0.717, 1.165) is 27.4 Å². The first kappa shape index (κ1) is 15.1. The topological polar surface area (TPSA) is 25.8 Å². The van der Waals surface area contributed by atoms with Gasteiger partial charge in [-0.1, -0.05) is 48.5 Å². The van der Waals surface area contributed by atoms with Gasteiger partial charge < -0.3 is 0 Å². The number of halogens is 1. The Morgan fingerprint density at radius 1 is 0.682 bits per heavy atom. The van der Waals surface area contributed by atoms with Crippen LogP contribution >= 0.6 is 9.53 Å². The Morgan fingerprint density at radius 3 is 2.23 bits per heavy atom. The molecule has 0 aliphatic carbocycles. The van der Waals surface area contributed by atoms with Crippen molar-refractivity contribution in [2.75, 3.05) is 0 Å². The smallest absolute Gasteiger partial charge is 0.0964 e. The second-order valence-electron chi connectivity index (χ2n) is 4.80. The minimum Gasteiger partial charge on any atom is -0.254 e. The van der Waals surface area contributed by atoms with E-state index in [1.807, 2.05) is 36.7 Å². The molecule has 0 spiro atoms. The molecule has 0 aliphatic heterocycles. The van der Waals surface area contributed by atoms with Crippen molar-refractivity contribution in [2.45, 2.75) is 0 Å². The molecule has 0 saturated heterocycles. The second kappa shape index (κ2) is 6.98. The molecule has 4 heteroatoms. The first-order chi connectivity index (χ1) is 10.9. The van der Waals surface area contributed by atoms with Gasteiger partial charge >= 0.3 is 27.7 Å². The van der Waals surface area contributed by atoms with Crippen LogP contribution in [-0.4, -0.2) is 9.97 Å². The Balaban J connectivity index is 0.000000693. The van der Waals surface area contributed by atoms with E-state index in [2.05, 4.69) is 46.4 Å². The molecule has 2 aromatic heterocycles. The summed E-state index contributed by atoms with van der Waals surface area (Å²) in [5.41, 5.74) is 4.24.